The number of hydrogen-bond acceptors (Lipinski definition) is 5. The molecule has 2 heterocycles. The molecule has 144 valence electrons. The molecule has 0 aliphatic carbocycles. The van der Waals surface area contributed by atoms with Crippen LogP contribution in [0.5, 0.6) is 0 Å². The summed E-state index contributed by atoms with van der Waals surface area (Å²) in [6.07, 6.45) is 5.05. The maximum absolute atomic E-state index is 12.6. The minimum Gasteiger partial charge on any atom is -0.378 e. The van der Waals surface area contributed by atoms with Crippen molar-refractivity contribution in [3.63, 3.8) is 0 Å². The average molecular weight is 405 g/mol. The number of unbranched alkanes of at least 4 members (excludes halogenated alkanes) is 2. The van der Waals surface area contributed by atoms with Gasteiger partial charge in [0.15, 0.2) is 0 Å². The number of hydrogen-bond donors (Lipinski definition) is 0. The Hall–Kier alpha value is -1.70. The average Bonchev–Trinajstić information content (AvgIpc) is 2.96. The molecule has 2 aliphatic rings. The van der Waals surface area contributed by atoms with Gasteiger partial charge in [0.1, 0.15) is 4.32 Å². The summed E-state index contributed by atoms with van der Waals surface area (Å²) in [5, 5.41) is 0. The zero-order chi connectivity index (χ0) is 19.1. The van der Waals surface area contributed by atoms with E-state index in [9.17, 15) is 9.59 Å². The highest BCUT2D eigenvalue weighted by Crippen LogP contribution is 2.32. The van der Waals surface area contributed by atoms with E-state index >= 15 is 0 Å². The van der Waals surface area contributed by atoms with Gasteiger partial charge in [-0.25, -0.2) is 0 Å². The molecule has 2 aliphatic heterocycles. The maximum Gasteiger partial charge on any atom is 0.266 e. The third-order valence-corrected chi connectivity index (χ3v) is 5.98. The molecule has 2 fully saturated rings. The highest BCUT2D eigenvalue weighted by Gasteiger charge is 2.31. The van der Waals surface area contributed by atoms with Crippen molar-refractivity contribution in [2.75, 3.05) is 32.8 Å². The Morgan fingerprint density at radius 3 is 2.63 bits per heavy atom. The molecule has 1 aromatic rings. The van der Waals surface area contributed by atoms with Crippen molar-refractivity contribution in [1.29, 1.82) is 0 Å². The van der Waals surface area contributed by atoms with E-state index in [1.54, 1.807) is 4.90 Å². The van der Waals surface area contributed by atoms with Crippen LogP contribution in [0.1, 0.15) is 31.2 Å². The van der Waals surface area contributed by atoms with E-state index in [0.717, 1.165) is 24.8 Å². The summed E-state index contributed by atoms with van der Waals surface area (Å²) >= 11 is 6.73. The van der Waals surface area contributed by atoms with E-state index in [4.69, 9.17) is 17.0 Å². The van der Waals surface area contributed by atoms with Crippen molar-refractivity contribution in [2.45, 2.75) is 25.7 Å². The molecule has 1 aromatic carbocycles. The first-order valence-corrected chi connectivity index (χ1v) is 10.5. The zero-order valence-electron chi connectivity index (χ0n) is 15.3. The number of nitrogens with zero attached hydrogens (tertiary/aromatic N) is 2. The fraction of sp³-hybridized carbons (Fsp3) is 0.450. The number of thioether (sulfide) groups is 1. The van der Waals surface area contributed by atoms with Gasteiger partial charge >= 0.3 is 0 Å². The van der Waals surface area contributed by atoms with Gasteiger partial charge in [0.2, 0.25) is 5.91 Å². The predicted octanol–water partition coefficient (Wildman–Crippen LogP) is 3.31. The van der Waals surface area contributed by atoms with Crippen LogP contribution in [-0.4, -0.2) is 58.8 Å². The van der Waals surface area contributed by atoms with E-state index in [2.05, 4.69) is 0 Å². The van der Waals surface area contributed by atoms with Gasteiger partial charge in [-0.2, -0.15) is 0 Å². The van der Waals surface area contributed by atoms with Gasteiger partial charge < -0.3 is 9.64 Å². The lowest BCUT2D eigenvalue weighted by Gasteiger charge is -2.26. The van der Waals surface area contributed by atoms with Crippen molar-refractivity contribution in [2.24, 2.45) is 0 Å². The highest BCUT2D eigenvalue weighted by atomic mass is 32.2. The van der Waals surface area contributed by atoms with Crippen LogP contribution in [0.2, 0.25) is 0 Å². The lowest BCUT2D eigenvalue weighted by atomic mass is 10.1. The second-order valence-corrected chi connectivity index (χ2v) is 8.22. The molecule has 0 atom stereocenters. The number of amides is 2. The fourth-order valence-corrected chi connectivity index (χ4v) is 4.40. The molecule has 5 nitrogen and oxygen atoms in total. The van der Waals surface area contributed by atoms with Crippen molar-refractivity contribution < 1.29 is 14.3 Å². The van der Waals surface area contributed by atoms with E-state index in [1.807, 2.05) is 41.3 Å². The van der Waals surface area contributed by atoms with Gasteiger partial charge in [0.05, 0.1) is 18.1 Å². The third kappa shape index (κ3) is 5.64. The molecule has 7 heteroatoms. The molecule has 0 saturated carbocycles. The Kier molecular flexibility index (Phi) is 7.43. The molecule has 0 bridgehead atoms. The summed E-state index contributed by atoms with van der Waals surface area (Å²) in [7, 11) is 0. The Balaban J connectivity index is 1.40. The standard InChI is InChI=1S/C20H24N2O3S2/c23-18(21-11-13-25-14-12-21)9-5-2-6-10-22-19(24)17(27-20(22)26)15-16-7-3-1-4-8-16/h1,3-4,7-8,15H,2,5-6,9-14H2. The number of thiocarbonyl (C=S) groups is 1. The van der Waals surface area contributed by atoms with Crippen molar-refractivity contribution >= 4 is 46.2 Å². The molecule has 0 unspecified atom stereocenters. The summed E-state index contributed by atoms with van der Waals surface area (Å²) in [6, 6.07) is 9.79. The topological polar surface area (TPSA) is 49.9 Å². The SMILES string of the molecule is O=C(CCCCCN1C(=O)C(=Cc2ccccc2)SC1=S)N1CCOCC1. The summed E-state index contributed by atoms with van der Waals surface area (Å²) in [6.45, 7) is 3.28. The highest BCUT2D eigenvalue weighted by molar-refractivity contribution is 8.26. The minimum absolute atomic E-state index is 0.0155. The summed E-state index contributed by atoms with van der Waals surface area (Å²) in [4.78, 5) is 28.9. The molecule has 3 rings (SSSR count). The minimum atomic E-state index is -0.0155. The third-order valence-electron chi connectivity index (χ3n) is 4.61. The summed E-state index contributed by atoms with van der Waals surface area (Å²) in [5.74, 6) is 0.188. The van der Waals surface area contributed by atoms with Crippen LogP contribution in [0.4, 0.5) is 0 Å². The summed E-state index contributed by atoms with van der Waals surface area (Å²) < 4.78 is 5.88. The van der Waals surface area contributed by atoms with Crippen LogP contribution in [0.15, 0.2) is 35.2 Å². The van der Waals surface area contributed by atoms with Gasteiger partial charge in [-0.05, 0) is 24.5 Å². The van der Waals surface area contributed by atoms with Crippen LogP contribution in [0.3, 0.4) is 0 Å². The van der Waals surface area contributed by atoms with E-state index in [-0.39, 0.29) is 11.8 Å². The lowest BCUT2D eigenvalue weighted by Crippen LogP contribution is -2.40. The Morgan fingerprint density at radius 1 is 1.15 bits per heavy atom. The number of ether oxygens (including phenoxy) is 1. The zero-order valence-corrected chi connectivity index (χ0v) is 16.9. The number of rotatable bonds is 7. The van der Waals surface area contributed by atoms with Crippen molar-refractivity contribution in [3.8, 4) is 0 Å². The van der Waals surface area contributed by atoms with Gasteiger partial charge in [-0.15, -0.1) is 0 Å². The van der Waals surface area contributed by atoms with Crippen LogP contribution in [-0.2, 0) is 14.3 Å². The van der Waals surface area contributed by atoms with Crippen molar-refractivity contribution in [1.82, 2.24) is 9.80 Å². The first-order chi connectivity index (χ1) is 13.1. The Labute approximate surface area is 169 Å². The number of carbonyl (C=O) groups excluding carboxylic acids is 2. The Bertz CT molecular complexity index is 715. The first kappa shape index (κ1) is 20.0. The molecule has 0 radical (unpaired) electrons. The van der Waals surface area contributed by atoms with Crippen LogP contribution >= 0.6 is 24.0 Å². The monoisotopic (exact) mass is 404 g/mol. The van der Waals surface area contributed by atoms with E-state index in [1.165, 1.54) is 11.8 Å². The first-order valence-electron chi connectivity index (χ1n) is 9.31. The largest absolute Gasteiger partial charge is 0.378 e. The number of benzene rings is 1. The second kappa shape index (κ2) is 10.0. The molecule has 27 heavy (non-hydrogen) atoms. The van der Waals surface area contributed by atoms with Crippen LogP contribution < -0.4 is 0 Å². The molecular weight excluding hydrogens is 380 g/mol. The van der Waals surface area contributed by atoms with E-state index in [0.29, 0.717) is 48.5 Å². The van der Waals surface area contributed by atoms with Gasteiger partial charge in [-0.1, -0.05) is 60.7 Å². The molecule has 2 amide bonds. The lowest BCUT2D eigenvalue weighted by molar-refractivity contribution is -0.135. The number of carbonyl (C=O) groups is 2. The quantitative estimate of drug-likeness (QED) is 0.396. The van der Waals surface area contributed by atoms with Gasteiger partial charge in [0, 0.05) is 26.1 Å². The van der Waals surface area contributed by atoms with Gasteiger partial charge in [-0.3, -0.25) is 14.5 Å². The molecule has 0 N–H and O–H groups in total. The van der Waals surface area contributed by atoms with Crippen LogP contribution in [0.25, 0.3) is 6.08 Å². The maximum atomic E-state index is 12.6. The predicted molar refractivity (Wildman–Crippen MR) is 112 cm³/mol. The molecular formula is C20H24N2O3S2. The Morgan fingerprint density at radius 2 is 1.89 bits per heavy atom. The molecule has 0 aromatic heterocycles. The number of morpholine rings is 1. The molecule has 2 saturated heterocycles. The molecule has 0 spiro atoms. The van der Waals surface area contributed by atoms with Crippen molar-refractivity contribution in [3.05, 3.63) is 40.8 Å². The fourth-order valence-electron chi connectivity index (χ4n) is 3.09. The smallest absolute Gasteiger partial charge is 0.266 e. The normalized spacial score (nSPS) is 19.2. The summed E-state index contributed by atoms with van der Waals surface area (Å²) in [5.41, 5.74) is 1.000. The van der Waals surface area contributed by atoms with Crippen LogP contribution in [0, 0.1) is 0 Å². The van der Waals surface area contributed by atoms with Gasteiger partial charge in [0.25, 0.3) is 5.91 Å². The van der Waals surface area contributed by atoms with E-state index < -0.39 is 0 Å². The second-order valence-electron chi connectivity index (χ2n) is 6.55.